The summed E-state index contributed by atoms with van der Waals surface area (Å²) in [5.74, 6) is 1.03. The SMILES string of the molecule is COC(C)(C)CCSc1nc2ccc(NC(=O)CCn3cc([N+](=O)[O-])nc3C)cc2s1. The number of thioether (sulfide) groups is 1. The molecular formula is C20H25N5O4S2. The van der Waals surface area contributed by atoms with Crippen LogP contribution in [0.1, 0.15) is 32.5 Å². The number of aryl methyl sites for hydroxylation is 2. The second kappa shape index (κ2) is 9.75. The summed E-state index contributed by atoms with van der Waals surface area (Å²) in [6, 6.07) is 5.64. The van der Waals surface area contributed by atoms with E-state index in [1.807, 2.05) is 18.2 Å². The monoisotopic (exact) mass is 463 g/mol. The lowest BCUT2D eigenvalue weighted by molar-refractivity contribution is -0.389. The number of methoxy groups -OCH3 is 1. The molecule has 31 heavy (non-hydrogen) atoms. The van der Waals surface area contributed by atoms with Crippen molar-refractivity contribution in [3.05, 3.63) is 40.3 Å². The smallest absolute Gasteiger partial charge is 0.379 e. The maximum absolute atomic E-state index is 12.3. The number of thiazole rings is 1. The molecule has 0 radical (unpaired) electrons. The second-order valence-electron chi connectivity index (χ2n) is 7.62. The van der Waals surface area contributed by atoms with Crippen LogP contribution in [0.15, 0.2) is 28.7 Å². The molecule has 0 saturated carbocycles. The number of fused-ring (bicyclic) bond motifs is 1. The van der Waals surface area contributed by atoms with Crippen molar-refractivity contribution in [1.82, 2.24) is 14.5 Å². The van der Waals surface area contributed by atoms with E-state index in [1.165, 1.54) is 6.20 Å². The van der Waals surface area contributed by atoms with E-state index in [4.69, 9.17) is 4.74 Å². The van der Waals surface area contributed by atoms with Gasteiger partial charge >= 0.3 is 5.82 Å². The third-order valence-electron chi connectivity index (χ3n) is 4.86. The van der Waals surface area contributed by atoms with Gasteiger partial charge in [-0.2, -0.15) is 0 Å². The molecule has 0 saturated heterocycles. The van der Waals surface area contributed by atoms with Crippen LogP contribution in [-0.2, 0) is 16.1 Å². The lowest BCUT2D eigenvalue weighted by atomic mass is 10.1. The third kappa shape index (κ3) is 6.25. The van der Waals surface area contributed by atoms with Gasteiger partial charge in [0.25, 0.3) is 0 Å². The number of nitrogens with one attached hydrogen (secondary N) is 1. The van der Waals surface area contributed by atoms with Gasteiger partial charge in [0.2, 0.25) is 11.7 Å². The largest absolute Gasteiger partial charge is 0.381 e. The Balaban J connectivity index is 1.56. The quantitative estimate of drug-likeness (QED) is 0.265. The van der Waals surface area contributed by atoms with Crippen LogP contribution in [0.25, 0.3) is 10.2 Å². The molecule has 0 fully saturated rings. The van der Waals surface area contributed by atoms with Gasteiger partial charge in [-0.1, -0.05) is 11.8 Å². The summed E-state index contributed by atoms with van der Waals surface area (Å²) in [6.45, 7) is 6.13. The van der Waals surface area contributed by atoms with Crippen molar-refractivity contribution in [3.63, 3.8) is 0 Å². The summed E-state index contributed by atoms with van der Waals surface area (Å²) in [7, 11) is 1.72. The molecule has 1 aromatic carbocycles. The van der Waals surface area contributed by atoms with Crippen molar-refractivity contribution < 1.29 is 14.5 Å². The number of imidazole rings is 1. The summed E-state index contributed by atoms with van der Waals surface area (Å²) in [4.78, 5) is 31.1. The fraction of sp³-hybridized carbons (Fsp3) is 0.450. The van der Waals surface area contributed by atoms with Crippen LogP contribution in [0, 0.1) is 17.0 Å². The first kappa shape index (κ1) is 23.2. The van der Waals surface area contributed by atoms with Gasteiger partial charge in [0, 0.05) is 38.4 Å². The number of carbonyl (C=O) groups is 1. The molecule has 0 atom stereocenters. The topological polar surface area (TPSA) is 112 Å². The molecule has 0 unspecified atom stereocenters. The zero-order valence-electron chi connectivity index (χ0n) is 17.9. The van der Waals surface area contributed by atoms with Crippen LogP contribution in [0.3, 0.4) is 0 Å². The Bertz CT molecular complexity index is 1090. The van der Waals surface area contributed by atoms with Gasteiger partial charge in [-0.3, -0.25) is 4.79 Å². The minimum absolute atomic E-state index is 0.151. The number of carbonyl (C=O) groups excluding carboxylic acids is 1. The van der Waals surface area contributed by atoms with E-state index in [-0.39, 0.29) is 23.7 Å². The number of rotatable bonds is 10. The van der Waals surface area contributed by atoms with Crippen LogP contribution in [-0.4, -0.2) is 43.8 Å². The van der Waals surface area contributed by atoms with Gasteiger partial charge in [0.1, 0.15) is 6.20 Å². The van der Waals surface area contributed by atoms with Gasteiger partial charge < -0.3 is 24.7 Å². The van der Waals surface area contributed by atoms with Gasteiger partial charge in [0.05, 0.1) is 15.8 Å². The molecule has 166 valence electrons. The molecule has 0 spiro atoms. The molecule has 0 aliphatic carbocycles. The Kier molecular flexibility index (Phi) is 7.29. The van der Waals surface area contributed by atoms with E-state index in [0.717, 1.165) is 26.7 Å². The Morgan fingerprint density at radius 3 is 2.84 bits per heavy atom. The van der Waals surface area contributed by atoms with E-state index < -0.39 is 4.92 Å². The summed E-state index contributed by atoms with van der Waals surface area (Å²) >= 11 is 3.30. The molecule has 1 amide bonds. The average molecular weight is 464 g/mol. The standard InChI is InChI=1S/C20H25N5O4S2/c1-13-21-17(25(27)28)12-24(13)9-7-18(26)22-14-5-6-15-16(11-14)31-19(23-15)30-10-8-20(2,3)29-4/h5-6,11-12H,7-10H2,1-4H3,(H,22,26). The van der Waals surface area contributed by atoms with Crippen molar-refractivity contribution in [3.8, 4) is 0 Å². The van der Waals surface area contributed by atoms with E-state index in [0.29, 0.717) is 18.1 Å². The number of ether oxygens (including phenoxy) is 1. The molecule has 2 aromatic heterocycles. The molecule has 11 heteroatoms. The number of benzene rings is 1. The lowest BCUT2D eigenvalue weighted by Crippen LogP contribution is -2.22. The fourth-order valence-electron chi connectivity index (χ4n) is 2.78. The number of anilines is 1. The Labute approximate surface area is 188 Å². The van der Waals surface area contributed by atoms with Crippen molar-refractivity contribution in [1.29, 1.82) is 0 Å². The molecule has 9 nitrogen and oxygen atoms in total. The highest BCUT2D eigenvalue weighted by atomic mass is 32.2. The predicted molar refractivity (Wildman–Crippen MR) is 123 cm³/mol. The highest BCUT2D eigenvalue weighted by Gasteiger charge is 2.17. The number of nitro groups is 1. The number of hydrogen-bond donors (Lipinski definition) is 1. The number of amides is 1. The first-order valence-corrected chi connectivity index (χ1v) is 11.5. The summed E-state index contributed by atoms with van der Waals surface area (Å²) in [5, 5.41) is 13.7. The van der Waals surface area contributed by atoms with Crippen molar-refractivity contribution in [2.45, 2.75) is 50.1 Å². The highest BCUT2D eigenvalue weighted by Crippen LogP contribution is 2.32. The van der Waals surface area contributed by atoms with Crippen LogP contribution >= 0.6 is 23.1 Å². The minimum Gasteiger partial charge on any atom is -0.379 e. The van der Waals surface area contributed by atoms with Crippen LogP contribution in [0.4, 0.5) is 11.5 Å². The van der Waals surface area contributed by atoms with E-state index in [2.05, 4.69) is 29.1 Å². The summed E-state index contributed by atoms with van der Waals surface area (Å²) < 4.78 is 9.05. The minimum atomic E-state index is -0.543. The third-order valence-corrected chi connectivity index (χ3v) is 7.03. The highest BCUT2D eigenvalue weighted by molar-refractivity contribution is 8.01. The van der Waals surface area contributed by atoms with Gasteiger partial charge in [-0.25, -0.2) is 4.98 Å². The molecule has 3 rings (SSSR count). The van der Waals surface area contributed by atoms with Crippen molar-refractivity contribution >= 4 is 50.7 Å². The Hall–Kier alpha value is -2.50. The zero-order valence-corrected chi connectivity index (χ0v) is 19.5. The normalized spacial score (nSPS) is 11.7. The number of nitrogens with zero attached hydrogens (tertiary/aromatic N) is 4. The van der Waals surface area contributed by atoms with Gasteiger partial charge in [-0.05, 0) is 48.4 Å². The molecular weight excluding hydrogens is 438 g/mol. The van der Waals surface area contributed by atoms with Crippen LogP contribution < -0.4 is 5.32 Å². The number of hydrogen-bond acceptors (Lipinski definition) is 8. The van der Waals surface area contributed by atoms with Gasteiger partial charge in [0.15, 0.2) is 4.34 Å². The average Bonchev–Trinajstić information content (AvgIpc) is 3.29. The first-order chi connectivity index (χ1) is 14.7. The first-order valence-electron chi connectivity index (χ1n) is 9.73. The molecule has 0 aliphatic rings. The van der Waals surface area contributed by atoms with Gasteiger partial charge in [-0.15, -0.1) is 11.3 Å². The van der Waals surface area contributed by atoms with Crippen LogP contribution in [0.2, 0.25) is 0 Å². The maximum Gasteiger partial charge on any atom is 0.381 e. The van der Waals surface area contributed by atoms with E-state index in [1.54, 1.807) is 41.7 Å². The zero-order chi connectivity index (χ0) is 22.6. The Morgan fingerprint density at radius 1 is 1.39 bits per heavy atom. The lowest BCUT2D eigenvalue weighted by Gasteiger charge is -2.21. The van der Waals surface area contributed by atoms with Crippen molar-refractivity contribution in [2.75, 3.05) is 18.2 Å². The van der Waals surface area contributed by atoms with Crippen LogP contribution in [0.5, 0.6) is 0 Å². The van der Waals surface area contributed by atoms with E-state index >= 15 is 0 Å². The van der Waals surface area contributed by atoms with E-state index in [9.17, 15) is 14.9 Å². The second-order valence-corrected chi connectivity index (χ2v) is 9.99. The molecule has 0 bridgehead atoms. The molecule has 1 N–H and O–H groups in total. The summed E-state index contributed by atoms with van der Waals surface area (Å²) in [6.07, 6.45) is 2.45. The van der Waals surface area contributed by atoms with Crippen molar-refractivity contribution in [2.24, 2.45) is 0 Å². The fourth-order valence-corrected chi connectivity index (χ4v) is 5.20. The summed E-state index contributed by atoms with van der Waals surface area (Å²) in [5.41, 5.74) is 1.45. The molecule has 2 heterocycles. The maximum atomic E-state index is 12.3. The molecule has 3 aromatic rings. The molecule has 0 aliphatic heterocycles. The Morgan fingerprint density at radius 2 is 2.16 bits per heavy atom. The predicted octanol–water partition coefficient (Wildman–Crippen LogP) is 4.65. The number of aromatic nitrogens is 3.